The maximum atomic E-state index is 6.53. The molecule has 0 saturated carbocycles. The minimum atomic E-state index is -0.160. The lowest BCUT2D eigenvalue weighted by molar-refractivity contribution is 0.364. The van der Waals surface area contributed by atoms with Crippen molar-refractivity contribution >= 4 is 29.3 Å². The van der Waals surface area contributed by atoms with E-state index in [1.807, 2.05) is 35.8 Å². The first-order valence-electron chi connectivity index (χ1n) is 9.80. The maximum Gasteiger partial charge on any atom is 0.239 e. The van der Waals surface area contributed by atoms with E-state index in [4.69, 9.17) is 16.1 Å². The van der Waals surface area contributed by atoms with Crippen molar-refractivity contribution in [3.8, 4) is 5.69 Å². The molecule has 3 heterocycles. The molecule has 1 aromatic carbocycles. The first kappa shape index (κ1) is 20.2. The molecule has 0 radical (unpaired) electrons. The van der Waals surface area contributed by atoms with Crippen LogP contribution in [0.5, 0.6) is 0 Å². The molecule has 1 aliphatic heterocycles. The van der Waals surface area contributed by atoms with Crippen molar-refractivity contribution in [1.82, 2.24) is 24.9 Å². The first-order chi connectivity index (χ1) is 13.8. The quantitative estimate of drug-likeness (QED) is 0.522. The Hall–Kier alpha value is -2.06. The van der Waals surface area contributed by atoms with E-state index in [0.717, 1.165) is 42.7 Å². The zero-order valence-corrected chi connectivity index (χ0v) is 18.7. The van der Waals surface area contributed by atoms with Gasteiger partial charge in [0.25, 0.3) is 0 Å². The third-order valence-corrected chi connectivity index (χ3v) is 6.19. The lowest BCUT2D eigenvalue weighted by atomic mass is 9.96. The van der Waals surface area contributed by atoms with Gasteiger partial charge < -0.3 is 9.42 Å². The Kier molecular flexibility index (Phi) is 5.57. The fraction of sp³-hybridized carbons (Fsp3) is 0.500. The molecule has 9 heteroatoms. The van der Waals surface area contributed by atoms with Crippen molar-refractivity contribution in [1.29, 1.82) is 0 Å². The Labute approximate surface area is 179 Å². The lowest BCUT2D eigenvalue weighted by Gasteiger charge is -2.19. The van der Waals surface area contributed by atoms with Gasteiger partial charge in [-0.25, -0.2) is 0 Å². The number of anilines is 1. The van der Waals surface area contributed by atoms with Crippen LogP contribution in [0.1, 0.15) is 57.5 Å². The summed E-state index contributed by atoms with van der Waals surface area (Å²) < 4.78 is 7.56. The van der Waals surface area contributed by atoms with Crippen LogP contribution in [0.4, 0.5) is 5.95 Å². The summed E-state index contributed by atoms with van der Waals surface area (Å²) in [5.74, 6) is 2.10. The Balaban J connectivity index is 1.68. The first-order valence-corrected chi connectivity index (χ1v) is 11.1. The molecule has 1 saturated heterocycles. The fourth-order valence-corrected chi connectivity index (χ4v) is 4.32. The number of para-hydroxylation sites is 1. The topological polar surface area (TPSA) is 72.9 Å². The molecule has 2 aromatic heterocycles. The predicted octanol–water partition coefficient (Wildman–Crippen LogP) is 5.05. The molecular formula is C20H25ClN6OS. The molecule has 1 atom stereocenters. The molecular weight excluding hydrogens is 408 g/mol. The van der Waals surface area contributed by atoms with E-state index in [9.17, 15) is 0 Å². The van der Waals surface area contributed by atoms with Gasteiger partial charge in [0, 0.05) is 18.5 Å². The molecule has 1 unspecified atom stereocenters. The Bertz CT molecular complexity index is 989. The molecule has 0 spiro atoms. The summed E-state index contributed by atoms with van der Waals surface area (Å²) in [5.41, 5.74) is 0.712. The van der Waals surface area contributed by atoms with Crippen molar-refractivity contribution in [2.45, 2.75) is 56.4 Å². The number of aromatic nitrogens is 5. The monoisotopic (exact) mass is 432 g/mol. The smallest absolute Gasteiger partial charge is 0.239 e. The van der Waals surface area contributed by atoms with E-state index >= 15 is 0 Å². The third kappa shape index (κ3) is 4.14. The summed E-state index contributed by atoms with van der Waals surface area (Å²) in [5, 5.41) is 14.5. The van der Waals surface area contributed by atoms with Gasteiger partial charge >= 0.3 is 0 Å². The lowest BCUT2D eigenvalue weighted by Crippen LogP contribution is -2.22. The van der Waals surface area contributed by atoms with Gasteiger partial charge in [-0.2, -0.15) is 4.98 Å². The number of hydrogen-bond acceptors (Lipinski definition) is 7. The highest BCUT2D eigenvalue weighted by atomic mass is 35.5. The third-order valence-electron chi connectivity index (χ3n) is 4.84. The van der Waals surface area contributed by atoms with E-state index < -0.39 is 0 Å². The van der Waals surface area contributed by atoms with Crippen LogP contribution in [0.3, 0.4) is 0 Å². The molecule has 0 aliphatic carbocycles. The summed E-state index contributed by atoms with van der Waals surface area (Å²) in [6, 6.07) is 7.77. The van der Waals surface area contributed by atoms with E-state index in [1.165, 1.54) is 11.8 Å². The standard InChI is InChI=1S/C20H25ClN6OS/c1-13(16-22-17(25-28-16)20(2,3)4)29-19-24-23-18(26-11-7-8-12-26)27(19)15-10-6-5-9-14(15)21/h5-6,9-10,13H,7-8,11-12H2,1-4H3. The van der Waals surface area contributed by atoms with Gasteiger partial charge in [-0.3, -0.25) is 4.57 Å². The van der Waals surface area contributed by atoms with E-state index in [0.29, 0.717) is 16.7 Å². The van der Waals surface area contributed by atoms with Crippen molar-refractivity contribution in [3.05, 3.63) is 41.0 Å². The second kappa shape index (κ2) is 7.99. The Morgan fingerprint density at radius 3 is 2.52 bits per heavy atom. The summed E-state index contributed by atoms with van der Waals surface area (Å²) in [6.45, 7) is 10.2. The largest absolute Gasteiger partial charge is 0.341 e. The van der Waals surface area contributed by atoms with Gasteiger partial charge in [-0.1, -0.05) is 61.4 Å². The fourth-order valence-electron chi connectivity index (χ4n) is 3.22. The van der Waals surface area contributed by atoms with Crippen LogP contribution in [0, 0.1) is 0 Å². The van der Waals surface area contributed by atoms with Crippen LogP contribution in [0.25, 0.3) is 5.69 Å². The number of benzene rings is 1. The van der Waals surface area contributed by atoms with Crippen LogP contribution in [-0.4, -0.2) is 38.0 Å². The Morgan fingerprint density at radius 1 is 1.14 bits per heavy atom. The maximum absolute atomic E-state index is 6.53. The minimum Gasteiger partial charge on any atom is -0.341 e. The van der Waals surface area contributed by atoms with Crippen LogP contribution in [0.2, 0.25) is 5.02 Å². The molecule has 29 heavy (non-hydrogen) atoms. The summed E-state index contributed by atoms with van der Waals surface area (Å²) in [7, 11) is 0. The average Bonchev–Trinajstić information content (AvgIpc) is 3.42. The zero-order valence-electron chi connectivity index (χ0n) is 17.1. The number of rotatable bonds is 5. The summed E-state index contributed by atoms with van der Waals surface area (Å²) in [6.07, 6.45) is 2.32. The van der Waals surface area contributed by atoms with Gasteiger partial charge in [-0.05, 0) is 31.9 Å². The van der Waals surface area contributed by atoms with Crippen LogP contribution >= 0.6 is 23.4 Å². The number of nitrogens with zero attached hydrogens (tertiary/aromatic N) is 6. The molecule has 1 aliphatic rings. The SMILES string of the molecule is CC(Sc1nnc(N2CCCC2)n1-c1ccccc1Cl)c1nc(C(C)(C)C)no1. The second-order valence-electron chi connectivity index (χ2n) is 8.23. The molecule has 0 N–H and O–H groups in total. The highest BCUT2D eigenvalue weighted by Crippen LogP contribution is 2.38. The number of hydrogen-bond donors (Lipinski definition) is 0. The van der Waals surface area contributed by atoms with Gasteiger partial charge in [0.2, 0.25) is 11.8 Å². The molecule has 4 rings (SSSR count). The average molecular weight is 433 g/mol. The number of thioether (sulfide) groups is 1. The van der Waals surface area contributed by atoms with Crippen molar-refractivity contribution in [2.75, 3.05) is 18.0 Å². The van der Waals surface area contributed by atoms with Crippen LogP contribution in [0.15, 0.2) is 33.9 Å². The summed E-state index contributed by atoms with van der Waals surface area (Å²) in [4.78, 5) is 6.85. The second-order valence-corrected chi connectivity index (χ2v) is 9.95. The van der Waals surface area contributed by atoms with Gasteiger partial charge in [-0.15, -0.1) is 10.2 Å². The molecule has 3 aromatic rings. The van der Waals surface area contributed by atoms with E-state index in [2.05, 4.69) is 46.0 Å². The molecule has 7 nitrogen and oxygen atoms in total. The minimum absolute atomic E-state index is 0.0736. The molecule has 154 valence electrons. The Morgan fingerprint density at radius 2 is 1.86 bits per heavy atom. The van der Waals surface area contributed by atoms with Crippen molar-refractivity contribution in [2.24, 2.45) is 0 Å². The predicted molar refractivity (Wildman–Crippen MR) is 115 cm³/mol. The summed E-state index contributed by atoms with van der Waals surface area (Å²) >= 11 is 8.07. The number of halogens is 1. The molecule has 0 amide bonds. The molecule has 0 bridgehead atoms. The van der Waals surface area contributed by atoms with E-state index in [-0.39, 0.29) is 10.7 Å². The van der Waals surface area contributed by atoms with Crippen LogP contribution in [-0.2, 0) is 5.41 Å². The van der Waals surface area contributed by atoms with Gasteiger partial charge in [0.15, 0.2) is 11.0 Å². The normalized spacial score (nSPS) is 15.8. The van der Waals surface area contributed by atoms with Crippen molar-refractivity contribution in [3.63, 3.8) is 0 Å². The molecule has 1 fully saturated rings. The highest BCUT2D eigenvalue weighted by molar-refractivity contribution is 7.99. The van der Waals surface area contributed by atoms with Gasteiger partial charge in [0.1, 0.15) is 0 Å². The zero-order chi connectivity index (χ0) is 20.6. The van der Waals surface area contributed by atoms with Gasteiger partial charge in [0.05, 0.1) is 16.0 Å². The van der Waals surface area contributed by atoms with Crippen molar-refractivity contribution < 1.29 is 4.52 Å². The highest BCUT2D eigenvalue weighted by Gasteiger charge is 2.27. The van der Waals surface area contributed by atoms with Crippen LogP contribution < -0.4 is 4.90 Å². The van der Waals surface area contributed by atoms with E-state index in [1.54, 1.807) is 0 Å².